The van der Waals surface area contributed by atoms with Crippen molar-refractivity contribution in [3.05, 3.63) is 65.5 Å². The van der Waals surface area contributed by atoms with Crippen molar-refractivity contribution in [3.8, 4) is 0 Å². The average Bonchev–Trinajstić information content (AvgIpc) is 2.77. The van der Waals surface area contributed by atoms with E-state index in [-0.39, 0.29) is 17.9 Å². The maximum absolute atomic E-state index is 13.9. The quantitative estimate of drug-likeness (QED) is 0.892. The van der Waals surface area contributed by atoms with E-state index in [2.05, 4.69) is 12.1 Å². The van der Waals surface area contributed by atoms with Crippen molar-refractivity contribution in [2.75, 3.05) is 11.9 Å². The topological polar surface area (TPSA) is 29.3 Å². The van der Waals surface area contributed by atoms with Gasteiger partial charge in [0.2, 0.25) is 0 Å². The Balaban J connectivity index is 1.99. The SMILES string of the molecule is CN(c1ccccc1F)C1CC(N)c2ccccc21. The van der Waals surface area contributed by atoms with E-state index < -0.39 is 0 Å². The minimum Gasteiger partial charge on any atom is -0.365 e. The molecule has 0 aromatic heterocycles. The molecule has 1 aliphatic rings. The Bertz CT molecular complexity index is 597. The van der Waals surface area contributed by atoms with Gasteiger partial charge in [-0.15, -0.1) is 0 Å². The number of fused-ring (bicyclic) bond motifs is 1. The van der Waals surface area contributed by atoms with Crippen LogP contribution in [0.2, 0.25) is 0 Å². The van der Waals surface area contributed by atoms with Crippen molar-refractivity contribution in [2.45, 2.75) is 18.5 Å². The highest BCUT2D eigenvalue weighted by molar-refractivity contribution is 5.52. The second-order valence-corrected chi connectivity index (χ2v) is 5.05. The first-order chi connectivity index (χ1) is 9.18. The van der Waals surface area contributed by atoms with Gasteiger partial charge in [0, 0.05) is 13.1 Å². The minimum absolute atomic E-state index is 0.0374. The highest BCUT2D eigenvalue weighted by Gasteiger charge is 2.31. The lowest BCUT2D eigenvalue weighted by molar-refractivity contribution is 0.571. The fourth-order valence-electron chi connectivity index (χ4n) is 2.92. The number of nitrogens with two attached hydrogens (primary N) is 1. The molecule has 0 fully saturated rings. The Kier molecular flexibility index (Phi) is 2.99. The molecule has 0 heterocycles. The molecule has 0 bridgehead atoms. The smallest absolute Gasteiger partial charge is 0.146 e. The number of anilines is 1. The maximum Gasteiger partial charge on any atom is 0.146 e. The van der Waals surface area contributed by atoms with E-state index in [0.717, 1.165) is 6.42 Å². The van der Waals surface area contributed by atoms with Gasteiger partial charge in [-0.3, -0.25) is 0 Å². The third kappa shape index (κ3) is 2.00. The van der Waals surface area contributed by atoms with Gasteiger partial charge in [0.15, 0.2) is 0 Å². The summed E-state index contributed by atoms with van der Waals surface area (Å²) in [4.78, 5) is 1.99. The Morgan fingerprint density at radius 1 is 1.05 bits per heavy atom. The Hall–Kier alpha value is -1.87. The van der Waals surface area contributed by atoms with Gasteiger partial charge in [0.25, 0.3) is 0 Å². The Morgan fingerprint density at radius 2 is 1.68 bits per heavy atom. The second-order valence-electron chi connectivity index (χ2n) is 5.05. The molecule has 2 N–H and O–H groups in total. The van der Waals surface area contributed by atoms with Crippen LogP contribution in [0.1, 0.15) is 29.6 Å². The summed E-state index contributed by atoms with van der Waals surface area (Å²) < 4.78 is 13.9. The van der Waals surface area contributed by atoms with Crippen molar-refractivity contribution in [3.63, 3.8) is 0 Å². The molecular formula is C16H17FN2. The molecule has 2 aromatic rings. The normalized spacial score (nSPS) is 21.2. The summed E-state index contributed by atoms with van der Waals surface area (Å²) in [5.41, 5.74) is 9.18. The van der Waals surface area contributed by atoms with Crippen LogP contribution in [0, 0.1) is 5.82 Å². The van der Waals surface area contributed by atoms with Gasteiger partial charge in [-0.05, 0) is 29.7 Å². The number of hydrogen-bond acceptors (Lipinski definition) is 2. The molecule has 3 heteroatoms. The van der Waals surface area contributed by atoms with Crippen LogP contribution in [-0.2, 0) is 0 Å². The predicted molar refractivity (Wildman–Crippen MR) is 75.5 cm³/mol. The molecule has 0 radical (unpaired) electrons. The van der Waals surface area contributed by atoms with Crippen LogP contribution < -0.4 is 10.6 Å². The summed E-state index contributed by atoms with van der Waals surface area (Å²) in [6.07, 6.45) is 0.824. The van der Waals surface area contributed by atoms with E-state index in [0.29, 0.717) is 5.69 Å². The first kappa shape index (κ1) is 12.2. The zero-order valence-electron chi connectivity index (χ0n) is 10.9. The van der Waals surface area contributed by atoms with Gasteiger partial charge in [0.1, 0.15) is 5.82 Å². The van der Waals surface area contributed by atoms with Crippen LogP contribution in [0.15, 0.2) is 48.5 Å². The molecular weight excluding hydrogens is 239 g/mol. The number of hydrogen-bond donors (Lipinski definition) is 1. The summed E-state index contributed by atoms with van der Waals surface area (Å²) in [5, 5.41) is 0. The largest absolute Gasteiger partial charge is 0.365 e. The summed E-state index contributed by atoms with van der Waals surface area (Å²) in [7, 11) is 1.93. The van der Waals surface area contributed by atoms with Gasteiger partial charge in [0.05, 0.1) is 11.7 Å². The van der Waals surface area contributed by atoms with Crippen LogP contribution >= 0.6 is 0 Å². The summed E-state index contributed by atoms with van der Waals surface area (Å²) >= 11 is 0. The van der Waals surface area contributed by atoms with Crippen LogP contribution in [0.3, 0.4) is 0 Å². The molecule has 98 valence electrons. The van der Waals surface area contributed by atoms with Crippen molar-refractivity contribution < 1.29 is 4.39 Å². The van der Waals surface area contributed by atoms with E-state index in [1.807, 2.05) is 36.2 Å². The van der Waals surface area contributed by atoms with E-state index in [1.165, 1.54) is 17.2 Å². The van der Waals surface area contributed by atoms with Gasteiger partial charge < -0.3 is 10.6 Å². The molecule has 0 saturated carbocycles. The maximum atomic E-state index is 13.9. The molecule has 3 rings (SSSR count). The minimum atomic E-state index is -0.192. The average molecular weight is 256 g/mol. The summed E-state index contributed by atoms with van der Waals surface area (Å²) in [6.45, 7) is 0. The second kappa shape index (κ2) is 4.67. The summed E-state index contributed by atoms with van der Waals surface area (Å²) in [5.74, 6) is -0.192. The lowest BCUT2D eigenvalue weighted by atomic mass is 10.1. The van der Waals surface area contributed by atoms with Crippen molar-refractivity contribution >= 4 is 5.69 Å². The molecule has 2 aromatic carbocycles. The predicted octanol–water partition coefficient (Wildman–Crippen LogP) is 3.41. The van der Waals surface area contributed by atoms with Crippen molar-refractivity contribution in [1.82, 2.24) is 0 Å². The lowest BCUT2D eigenvalue weighted by Gasteiger charge is -2.28. The van der Waals surface area contributed by atoms with Crippen LogP contribution in [0.25, 0.3) is 0 Å². The Morgan fingerprint density at radius 3 is 2.42 bits per heavy atom. The van der Waals surface area contributed by atoms with E-state index in [9.17, 15) is 4.39 Å². The standard InChI is InChI=1S/C16H17FN2/c1-19(15-9-5-4-8-13(15)17)16-10-14(18)11-6-2-3-7-12(11)16/h2-9,14,16H,10,18H2,1H3. The first-order valence-electron chi connectivity index (χ1n) is 6.50. The Labute approximate surface area is 112 Å². The molecule has 2 unspecified atom stereocenters. The van der Waals surface area contributed by atoms with Gasteiger partial charge in [-0.1, -0.05) is 36.4 Å². The van der Waals surface area contributed by atoms with Crippen LogP contribution in [-0.4, -0.2) is 7.05 Å². The number of nitrogens with zero attached hydrogens (tertiary/aromatic N) is 1. The summed E-state index contributed by atoms with van der Waals surface area (Å²) in [6, 6.07) is 15.2. The fourth-order valence-corrected chi connectivity index (χ4v) is 2.92. The number of rotatable bonds is 2. The highest BCUT2D eigenvalue weighted by Crippen LogP contribution is 2.42. The molecule has 2 atom stereocenters. The third-order valence-corrected chi connectivity index (χ3v) is 3.93. The van der Waals surface area contributed by atoms with E-state index in [1.54, 1.807) is 6.07 Å². The molecule has 2 nitrogen and oxygen atoms in total. The molecule has 19 heavy (non-hydrogen) atoms. The van der Waals surface area contributed by atoms with Gasteiger partial charge >= 0.3 is 0 Å². The van der Waals surface area contributed by atoms with Gasteiger partial charge in [-0.2, -0.15) is 0 Å². The molecule has 0 aliphatic heterocycles. The third-order valence-electron chi connectivity index (χ3n) is 3.93. The molecule has 1 aliphatic carbocycles. The van der Waals surface area contributed by atoms with Gasteiger partial charge in [-0.25, -0.2) is 4.39 Å². The molecule has 0 spiro atoms. The lowest BCUT2D eigenvalue weighted by Crippen LogP contribution is -2.23. The molecule has 0 saturated heterocycles. The number of halogens is 1. The highest BCUT2D eigenvalue weighted by atomic mass is 19.1. The van der Waals surface area contributed by atoms with E-state index >= 15 is 0 Å². The van der Waals surface area contributed by atoms with E-state index in [4.69, 9.17) is 5.73 Å². The van der Waals surface area contributed by atoms with Crippen LogP contribution in [0.4, 0.5) is 10.1 Å². The van der Waals surface area contributed by atoms with Crippen LogP contribution in [0.5, 0.6) is 0 Å². The zero-order chi connectivity index (χ0) is 13.4. The zero-order valence-corrected chi connectivity index (χ0v) is 10.9. The van der Waals surface area contributed by atoms with Crippen molar-refractivity contribution in [2.24, 2.45) is 5.73 Å². The molecule has 0 amide bonds. The fraction of sp³-hybridized carbons (Fsp3) is 0.250. The van der Waals surface area contributed by atoms with Crippen molar-refractivity contribution in [1.29, 1.82) is 0 Å². The first-order valence-corrected chi connectivity index (χ1v) is 6.50. The number of benzene rings is 2. The number of para-hydroxylation sites is 1. The monoisotopic (exact) mass is 256 g/mol.